The first kappa shape index (κ1) is 9.46. The van der Waals surface area contributed by atoms with Crippen LogP contribution in [0.4, 0.5) is 5.69 Å². The highest BCUT2D eigenvalue weighted by Gasteiger charge is 2.18. The summed E-state index contributed by atoms with van der Waals surface area (Å²) >= 11 is 5.94. The molecule has 4 heteroatoms. The van der Waals surface area contributed by atoms with Crippen LogP contribution in [0, 0.1) is 6.92 Å². The molecule has 0 atom stereocenters. The van der Waals surface area contributed by atoms with Crippen molar-refractivity contribution in [1.29, 1.82) is 0 Å². The number of fused-ring (bicyclic) bond motifs is 1. The molecule has 2 N–H and O–H groups in total. The molecule has 0 spiro atoms. The maximum atomic E-state index is 5.94. The zero-order valence-electron chi connectivity index (χ0n) is 7.97. The lowest BCUT2D eigenvalue weighted by Crippen LogP contribution is -1.99. The summed E-state index contributed by atoms with van der Waals surface area (Å²) in [5, 5.41) is 0.520. The highest BCUT2D eigenvalue weighted by Crippen LogP contribution is 2.42. The summed E-state index contributed by atoms with van der Waals surface area (Å²) in [6.07, 6.45) is 0.866. The molecule has 0 amide bonds. The number of hydrogen-bond acceptors (Lipinski definition) is 3. The molecule has 2 rings (SSSR count). The molecule has 1 heterocycles. The predicted octanol–water partition coefficient (Wildman–Crippen LogP) is 2.39. The molecule has 0 aliphatic carbocycles. The molecular weight excluding hydrogens is 202 g/mol. The van der Waals surface area contributed by atoms with E-state index in [1.807, 2.05) is 6.92 Å². The average molecular weight is 214 g/mol. The fourth-order valence-electron chi connectivity index (χ4n) is 1.47. The van der Waals surface area contributed by atoms with Gasteiger partial charge in [0.05, 0.1) is 23.9 Å². The number of nitrogen functional groups attached to an aromatic ring is 1. The molecule has 1 aliphatic rings. The Kier molecular flexibility index (Phi) is 2.42. The molecule has 1 aromatic rings. The number of rotatable bonds is 0. The largest absolute Gasteiger partial charge is 0.489 e. The van der Waals surface area contributed by atoms with Crippen molar-refractivity contribution in [3.63, 3.8) is 0 Å². The standard InChI is InChI=1S/C10H12ClNO2/c1-6-5-7(11)8(12)10-9(6)13-3-2-4-14-10/h5H,2-4,12H2,1H3. The third-order valence-electron chi connectivity index (χ3n) is 2.19. The minimum absolute atomic E-state index is 0.467. The Morgan fingerprint density at radius 2 is 1.93 bits per heavy atom. The molecule has 0 radical (unpaired) electrons. The van der Waals surface area contributed by atoms with Gasteiger partial charge in [-0.1, -0.05) is 11.6 Å². The smallest absolute Gasteiger partial charge is 0.185 e. The first-order valence-corrected chi connectivity index (χ1v) is 4.92. The van der Waals surface area contributed by atoms with Gasteiger partial charge in [-0.3, -0.25) is 0 Å². The Bertz CT molecular complexity index is 366. The monoisotopic (exact) mass is 213 g/mol. The Morgan fingerprint density at radius 1 is 1.29 bits per heavy atom. The van der Waals surface area contributed by atoms with Crippen molar-refractivity contribution in [2.45, 2.75) is 13.3 Å². The van der Waals surface area contributed by atoms with Crippen molar-refractivity contribution in [3.8, 4) is 11.5 Å². The molecule has 0 fully saturated rings. The van der Waals surface area contributed by atoms with Gasteiger partial charge in [0.2, 0.25) is 0 Å². The minimum atomic E-state index is 0.467. The van der Waals surface area contributed by atoms with Crippen molar-refractivity contribution in [2.75, 3.05) is 18.9 Å². The number of hydrogen-bond donors (Lipinski definition) is 1. The van der Waals surface area contributed by atoms with E-state index in [2.05, 4.69) is 0 Å². The molecule has 3 nitrogen and oxygen atoms in total. The normalized spacial score (nSPS) is 15.0. The van der Waals surface area contributed by atoms with Crippen LogP contribution in [0.1, 0.15) is 12.0 Å². The van der Waals surface area contributed by atoms with Crippen molar-refractivity contribution in [1.82, 2.24) is 0 Å². The van der Waals surface area contributed by atoms with E-state index >= 15 is 0 Å². The minimum Gasteiger partial charge on any atom is -0.489 e. The van der Waals surface area contributed by atoms with Crippen LogP contribution in [0.25, 0.3) is 0 Å². The number of halogens is 1. The van der Waals surface area contributed by atoms with E-state index in [-0.39, 0.29) is 0 Å². The van der Waals surface area contributed by atoms with E-state index in [1.165, 1.54) is 0 Å². The fraction of sp³-hybridized carbons (Fsp3) is 0.400. The molecule has 1 aliphatic heterocycles. The second-order valence-electron chi connectivity index (χ2n) is 3.30. The van der Waals surface area contributed by atoms with E-state index in [0.717, 1.165) is 17.7 Å². The molecule has 14 heavy (non-hydrogen) atoms. The van der Waals surface area contributed by atoms with Crippen molar-refractivity contribution >= 4 is 17.3 Å². The lowest BCUT2D eigenvalue weighted by molar-refractivity contribution is 0.296. The zero-order valence-corrected chi connectivity index (χ0v) is 8.73. The van der Waals surface area contributed by atoms with Crippen molar-refractivity contribution in [2.24, 2.45) is 0 Å². The summed E-state index contributed by atoms with van der Waals surface area (Å²) in [5.74, 6) is 1.32. The van der Waals surface area contributed by atoms with Gasteiger partial charge >= 0.3 is 0 Å². The Morgan fingerprint density at radius 3 is 2.64 bits per heavy atom. The third kappa shape index (κ3) is 1.48. The highest BCUT2D eigenvalue weighted by atomic mass is 35.5. The molecule has 0 saturated heterocycles. The second-order valence-corrected chi connectivity index (χ2v) is 3.70. The fourth-order valence-corrected chi connectivity index (χ4v) is 1.72. The van der Waals surface area contributed by atoms with Crippen LogP contribution < -0.4 is 15.2 Å². The lowest BCUT2D eigenvalue weighted by atomic mass is 10.2. The zero-order chi connectivity index (χ0) is 10.1. The van der Waals surface area contributed by atoms with Crippen LogP contribution in [-0.2, 0) is 0 Å². The summed E-state index contributed by atoms with van der Waals surface area (Å²) in [5.41, 5.74) is 7.23. The maximum absolute atomic E-state index is 5.94. The van der Waals surface area contributed by atoms with Gasteiger partial charge in [-0.05, 0) is 18.6 Å². The molecule has 76 valence electrons. The summed E-state index contributed by atoms with van der Waals surface area (Å²) in [6.45, 7) is 3.21. The van der Waals surface area contributed by atoms with E-state index in [0.29, 0.717) is 29.7 Å². The van der Waals surface area contributed by atoms with Crippen LogP contribution in [0.2, 0.25) is 5.02 Å². The number of aryl methyl sites for hydroxylation is 1. The van der Waals surface area contributed by atoms with Crippen molar-refractivity contribution in [3.05, 3.63) is 16.7 Å². The maximum Gasteiger partial charge on any atom is 0.185 e. The molecule has 0 bridgehead atoms. The highest BCUT2D eigenvalue weighted by molar-refractivity contribution is 6.33. The van der Waals surface area contributed by atoms with Gasteiger partial charge in [0.1, 0.15) is 0 Å². The number of ether oxygens (including phenoxy) is 2. The number of nitrogens with two attached hydrogens (primary N) is 1. The average Bonchev–Trinajstić information content (AvgIpc) is 2.39. The predicted molar refractivity (Wildman–Crippen MR) is 56.2 cm³/mol. The quantitative estimate of drug-likeness (QED) is 0.673. The molecule has 1 aromatic carbocycles. The summed E-state index contributed by atoms with van der Waals surface area (Å²) < 4.78 is 11.1. The Balaban J connectivity index is 2.57. The number of anilines is 1. The first-order chi connectivity index (χ1) is 6.70. The SMILES string of the molecule is Cc1cc(Cl)c(N)c2c1OCCCO2. The molecular formula is C10H12ClNO2. The van der Waals surface area contributed by atoms with Gasteiger partial charge in [0, 0.05) is 6.42 Å². The Labute approximate surface area is 87.8 Å². The van der Waals surface area contributed by atoms with E-state index in [4.69, 9.17) is 26.8 Å². The van der Waals surface area contributed by atoms with Gasteiger partial charge in [-0.15, -0.1) is 0 Å². The van der Waals surface area contributed by atoms with Gasteiger partial charge in [0.25, 0.3) is 0 Å². The molecule has 0 aromatic heterocycles. The lowest BCUT2D eigenvalue weighted by Gasteiger charge is -2.13. The van der Waals surface area contributed by atoms with Crippen LogP contribution in [0.3, 0.4) is 0 Å². The summed E-state index contributed by atoms with van der Waals surface area (Å²) in [6, 6.07) is 1.80. The van der Waals surface area contributed by atoms with Crippen molar-refractivity contribution < 1.29 is 9.47 Å². The third-order valence-corrected chi connectivity index (χ3v) is 2.50. The van der Waals surface area contributed by atoms with Crippen LogP contribution in [0.5, 0.6) is 11.5 Å². The topological polar surface area (TPSA) is 44.5 Å². The van der Waals surface area contributed by atoms with Crippen LogP contribution >= 0.6 is 11.6 Å². The van der Waals surface area contributed by atoms with Crippen LogP contribution in [0.15, 0.2) is 6.07 Å². The first-order valence-electron chi connectivity index (χ1n) is 4.54. The van der Waals surface area contributed by atoms with E-state index in [9.17, 15) is 0 Å². The van der Waals surface area contributed by atoms with Gasteiger partial charge in [0.15, 0.2) is 11.5 Å². The molecule has 0 unspecified atom stereocenters. The summed E-state index contributed by atoms with van der Waals surface area (Å²) in [4.78, 5) is 0. The second kappa shape index (κ2) is 3.58. The van der Waals surface area contributed by atoms with E-state index < -0.39 is 0 Å². The van der Waals surface area contributed by atoms with Crippen LogP contribution in [-0.4, -0.2) is 13.2 Å². The summed E-state index contributed by atoms with van der Waals surface area (Å²) in [7, 11) is 0. The van der Waals surface area contributed by atoms with Gasteiger partial charge < -0.3 is 15.2 Å². The van der Waals surface area contributed by atoms with Gasteiger partial charge in [-0.25, -0.2) is 0 Å². The van der Waals surface area contributed by atoms with E-state index in [1.54, 1.807) is 6.07 Å². The Hall–Kier alpha value is -1.09. The van der Waals surface area contributed by atoms with Gasteiger partial charge in [-0.2, -0.15) is 0 Å². The number of benzene rings is 1. The molecule has 0 saturated carbocycles.